The van der Waals surface area contributed by atoms with E-state index in [1.54, 1.807) is 11.1 Å². The van der Waals surface area contributed by atoms with Crippen LogP contribution in [0.25, 0.3) is 0 Å². The number of rotatable bonds is 2. The maximum Gasteiger partial charge on any atom is -0.00168 e. The molecule has 0 N–H and O–H groups in total. The third kappa shape index (κ3) is 2.04. The van der Waals surface area contributed by atoms with E-state index < -0.39 is 0 Å². The van der Waals surface area contributed by atoms with Gasteiger partial charge in [0.25, 0.3) is 0 Å². The Hall–Kier alpha value is -0.520. The van der Waals surface area contributed by atoms with Gasteiger partial charge in [0.2, 0.25) is 0 Å². The van der Waals surface area contributed by atoms with Crippen LogP contribution < -0.4 is 0 Å². The van der Waals surface area contributed by atoms with E-state index >= 15 is 0 Å². The highest BCUT2D eigenvalue weighted by atomic mass is 14.3. The zero-order valence-electron chi connectivity index (χ0n) is 9.65. The molecule has 0 spiro atoms. The van der Waals surface area contributed by atoms with E-state index in [-0.39, 0.29) is 0 Å². The van der Waals surface area contributed by atoms with Crippen molar-refractivity contribution in [1.82, 2.24) is 0 Å². The monoisotopic (exact) mass is 178 g/mol. The van der Waals surface area contributed by atoms with Crippen LogP contribution in [0.5, 0.6) is 0 Å². The summed E-state index contributed by atoms with van der Waals surface area (Å²) in [6.07, 6.45) is 7.17. The van der Waals surface area contributed by atoms with Crippen LogP contribution >= 0.6 is 0 Å². The second-order valence-corrected chi connectivity index (χ2v) is 4.92. The molecule has 0 aromatic carbocycles. The van der Waals surface area contributed by atoms with Crippen molar-refractivity contribution in [3.8, 4) is 0 Å². The van der Waals surface area contributed by atoms with Crippen LogP contribution in [0, 0.1) is 11.3 Å². The van der Waals surface area contributed by atoms with E-state index in [4.69, 9.17) is 0 Å². The van der Waals surface area contributed by atoms with E-state index in [2.05, 4.69) is 46.8 Å². The van der Waals surface area contributed by atoms with Crippen LogP contribution in [-0.4, -0.2) is 0 Å². The van der Waals surface area contributed by atoms with Crippen molar-refractivity contribution in [2.45, 2.75) is 47.5 Å². The summed E-state index contributed by atoms with van der Waals surface area (Å²) >= 11 is 0. The summed E-state index contributed by atoms with van der Waals surface area (Å²) < 4.78 is 0. The summed E-state index contributed by atoms with van der Waals surface area (Å²) in [5.41, 5.74) is 3.56. The smallest absolute Gasteiger partial charge is 0.00168 e. The number of allylic oxidation sites excluding steroid dienone is 4. The van der Waals surface area contributed by atoms with E-state index in [1.807, 2.05) is 0 Å². The standard InChI is InChI=1S/C13H22/c1-6-10-8-9-12(11(10)7-2)13(3,4)5/h8-10H,6-7H2,1-5H3. The van der Waals surface area contributed by atoms with Gasteiger partial charge in [0, 0.05) is 0 Å². The van der Waals surface area contributed by atoms with Crippen LogP contribution in [-0.2, 0) is 0 Å². The van der Waals surface area contributed by atoms with Crippen molar-refractivity contribution in [3.63, 3.8) is 0 Å². The summed E-state index contributed by atoms with van der Waals surface area (Å²) in [4.78, 5) is 0. The molecule has 0 fully saturated rings. The normalized spacial score (nSPS) is 23.0. The third-order valence-electron chi connectivity index (χ3n) is 2.92. The molecule has 0 saturated carbocycles. The van der Waals surface area contributed by atoms with Crippen molar-refractivity contribution in [3.05, 3.63) is 23.3 Å². The lowest BCUT2D eigenvalue weighted by Gasteiger charge is -2.23. The molecule has 0 aliphatic heterocycles. The third-order valence-corrected chi connectivity index (χ3v) is 2.92. The molecule has 0 radical (unpaired) electrons. The maximum absolute atomic E-state index is 2.37. The van der Waals surface area contributed by atoms with E-state index in [9.17, 15) is 0 Å². The van der Waals surface area contributed by atoms with Crippen LogP contribution in [0.1, 0.15) is 47.5 Å². The quantitative estimate of drug-likeness (QED) is 0.590. The zero-order valence-corrected chi connectivity index (χ0v) is 9.65. The highest BCUT2D eigenvalue weighted by Crippen LogP contribution is 2.39. The van der Waals surface area contributed by atoms with Gasteiger partial charge in [-0.25, -0.2) is 0 Å². The number of hydrogen-bond donors (Lipinski definition) is 0. The first-order valence-electron chi connectivity index (χ1n) is 5.42. The van der Waals surface area contributed by atoms with Crippen molar-refractivity contribution >= 4 is 0 Å². The fourth-order valence-electron chi connectivity index (χ4n) is 2.20. The fraction of sp³-hybridized carbons (Fsp3) is 0.692. The van der Waals surface area contributed by atoms with Crippen molar-refractivity contribution in [1.29, 1.82) is 0 Å². The lowest BCUT2D eigenvalue weighted by atomic mass is 9.82. The van der Waals surface area contributed by atoms with Gasteiger partial charge in [-0.1, -0.05) is 52.3 Å². The summed E-state index contributed by atoms with van der Waals surface area (Å²) in [5.74, 6) is 0.722. The summed E-state index contributed by atoms with van der Waals surface area (Å²) in [6, 6.07) is 0. The summed E-state index contributed by atoms with van der Waals surface area (Å²) in [6.45, 7) is 11.5. The Kier molecular flexibility index (Phi) is 3.00. The zero-order chi connectivity index (χ0) is 10.1. The molecule has 0 heteroatoms. The lowest BCUT2D eigenvalue weighted by molar-refractivity contribution is 0.506. The average molecular weight is 178 g/mol. The molecule has 1 rings (SSSR count). The molecule has 74 valence electrons. The molecule has 0 bridgehead atoms. The molecule has 1 unspecified atom stereocenters. The van der Waals surface area contributed by atoms with Crippen molar-refractivity contribution in [2.24, 2.45) is 11.3 Å². The van der Waals surface area contributed by atoms with Crippen LogP contribution in [0.2, 0.25) is 0 Å². The molecule has 0 nitrogen and oxygen atoms in total. The van der Waals surface area contributed by atoms with Gasteiger partial charge < -0.3 is 0 Å². The van der Waals surface area contributed by atoms with Gasteiger partial charge >= 0.3 is 0 Å². The molecule has 0 aromatic heterocycles. The fourth-order valence-corrected chi connectivity index (χ4v) is 2.20. The topological polar surface area (TPSA) is 0 Å². The molecule has 0 saturated heterocycles. The first-order valence-corrected chi connectivity index (χ1v) is 5.42. The second kappa shape index (κ2) is 3.69. The minimum absolute atomic E-state index is 0.325. The van der Waals surface area contributed by atoms with Gasteiger partial charge in [0.1, 0.15) is 0 Å². The van der Waals surface area contributed by atoms with Gasteiger partial charge in [-0.3, -0.25) is 0 Å². The Morgan fingerprint density at radius 2 is 1.85 bits per heavy atom. The molecule has 1 atom stereocenters. The van der Waals surface area contributed by atoms with Gasteiger partial charge in [0.05, 0.1) is 0 Å². The molecule has 0 heterocycles. The molecule has 13 heavy (non-hydrogen) atoms. The predicted octanol–water partition coefficient (Wildman–Crippen LogP) is 4.34. The van der Waals surface area contributed by atoms with Crippen LogP contribution in [0.3, 0.4) is 0 Å². The highest BCUT2D eigenvalue weighted by molar-refractivity contribution is 5.40. The van der Waals surface area contributed by atoms with Gasteiger partial charge in [-0.2, -0.15) is 0 Å². The van der Waals surface area contributed by atoms with Crippen LogP contribution in [0.15, 0.2) is 23.3 Å². The van der Waals surface area contributed by atoms with E-state index in [0.29, 0.717) is 5.41 Å². The van der Waals surface area contributed by atoms with E-state index in [0.717, 1.165) is 5.92 Å². The minimum atomic E-state index is 0.325. The van der Waals surface area contributed by atoms with Gasteiger partial charge in [0.15, 0.2) is 0 Å². The Balaban J connectivity index is 2.99. The second-order valence-electron chi connectivity index (χ2n) is 4.92. The summed E-state index contributed by atoms with van der Waals surface area (Å²) in [7, 11) is 0. The molecule has 1 aliphatic rings. The predicted molar refractivity (Wildman–Crippen MR) is 59.7 cm³/mol. The number of hydrogen-bond acceptors (Lipinski definition) is 0. The minimum Gasteiger partial charge on any atom is -0.0770 e. The Morgan fingerprint density at radius 3 is 2.23 bits per heavy atom. The Morgan fingerprint density at radius 1 is 1.23 bits per heavy atom. The molecular formula is C13H22. The van der Waals surface area contributed by atoms with Crippen molar-refractivity contribution < 1.29 is 0 Å². The van der Waals surface area contributed by atoms with Crippen molar-refractivity contribution in [2.75, 3.05) is 0 Å². The SMILES string of the molecule is CCC1=C(C(C)(C)C)C=CC1CC. The summed E-state index contributed by atoms with van der Waals surface area (Å²) in [5, 5.41) is 0. The Labute approximate surface area is 82.7 Å². The lowest BCUT2D eigenvalue weighted by Crippen LogP contribution is -2.10. The molecule has 0 amide bonds. The molecule has 1 aliphatic carbocycles. The van der Waals surface area contributed by atoms with E-state index in [1.165, 1.54) is 12.8 Å². The Bertz CT molecular complexity index is 235. The van der Waals surface area contributed by atoms with Gasteiger partial charge in [-0.15, -0.1) is 0 Å². The van der Waals surface area contributed by atoms with Crippen LogP contribution in [0.4, 0.5) is 0 Å². The average Bonchev–Trinajstić information content (AvgIpc) is 2.45. The first-order chi connectivity index (χ1) is 6.00. The maximum atomic E-state index is 2.37. The van der Waals surface area contributed by atoms with Gasteiger partial charge in [-0.05, 0) is 29.7 Å². The highest BCUT2D eigenvalue weighted by Gasteiger charge is 2.25. The molecule has 0 aromatic rings. The first kappa shape index (κ1) is 10.6. The largest absolute Gasteiger partial charge is 0.0770 e. The molecular weight excluding hydrogens is 156 g/mol.